The van der Waals surface area contributed by atoms with Crippen molar-refractivity contribution in [2.45, 2.75) is 0 Å². The first kappa shape index (κ1) is 8.49. The van der Waals surface area contributed by atoms with Gasteiger partial charge in [-0.1, -0.05) is 0 Å². The van der Waals surface area contributed by atoms with Gasteiger partial charge in [-0.3, -0.25) is 4.57 Å². The largest absolute Gasteiger partial charge is 0.478 e. The number of aromatic nitrogens is 3. The van der Waals surface area contributed by atoms with E-state index >= 15 is 0 Å². The lowest BCUT2D eigenvalue weighted by atomic mass is 10.3. The molecular formula is C8H7N3O3. The zero-order valence-electron chi connectivity index (χ0n) is 7.31. The SMILES string of the molecule is Cn1c(=O)[nH]c2cc(C(=O)O)cnc21. The average molecular weight is 193 g/mol. The van der Waals surface area contributed by atoms with Gasteiger partial charge in [-0.05, 0) is 6.07 Å². The maximum Gasteiger partial charge on any atom is 0.337 e. The Hall–Kier alpha value is -2.11. The number of H-pyrrole nitrogens is 1. The molecule has 2 aromatic heterocycles. The molecule has 0 saturated carbocycles. The van der Waals surface area contributed by atoms with Gasteiger partial charge < -0.3 is 10.1 Å². The van der Waals surface area contributed by atoms with Crippen molar-refractivity contribution in [2.75, 3.05) is 0 Å². The number of aryl methyl sites for hydroxylation is 1. The molecule has 0 aliphatic rings. The van der Waals surface area contributed by atoms with Gasteiger partial charge in [0.2, 0.25) is 0 Å². The summed E-state index contributed by atoms with van der Waals surface area (Å²) in [7, 11) is 1.56. The Labute approximate surface area is 77.8 Å². The molecular weight excluding hydrogens is 186 g/mol. The molecule has 6 nitrogen and oxygen atoms in total. The summed E-state index contributed by atoms with van der Waals surface area (Å²) in [4.78, 5) is 28.1. The number of rotatable bonds is 1. The summed E-state index contributed by atoms with van der Waals surface area (Å²) in [5.74, 6) is -1.07. The van der Waals surface area contributed by atoms with Crippen LogP contribution in [0.3, 0.4) is 0 Å². The zero-order chi connectivity index (χ0) is 10.3. The molecule has 2 aromatic rings. The highest BCUT2D eigenvalue weighted by Crippen LogP contribution is 2.08. The van der Waals surface area contributed by atoms with Crippen LogP contribution in [0.2, 0.25) is 0 Å². The van der Waals surface area contributed by atoms with Crippen LogP contribution in [0.15, 0.2) is 17.1 Å². The van der Waals surface area contributed by atoms with Gasteiger partial charge in [0.25, 0.3) is 0 Å². The molecule has 2 N–H and O–H groups in total. The van der Waals surface area contributed by atoms with Gasteiger partial charge in [-0.15, -0.1) is 0 Å². The summed E-state index contributed by atoms with van der Waals surface area (Å²) >= 11 is 0. The van der Waals surface area contributed by atoms with Crippen molar-refractivity contribution in [2.24, 2.45) is 7.05 Å². The molecule has 6 heteroatoms. The second-order valence-electron chi connectivity index (χ2n) is 2.89. The maximum absolute atomic E-state index is 11.1. The van der Waals surface area contributed by atoms with Crippen LogP contribution in [0, 0.1) is 0 Å². The van der Waals surface area contributed by atoms with Gasteiger partial charge in [0.15, 0.2) is 5.65 Å². The predicted octanol–water partition coefficient (Wildman–Crippen LogP) is -0.0402. The van der Waals surface area contributed by atoms with E-state index in [4.69, 9.17) is 5.11 Å². The molecule has 72 valence electrons. The minimum absolute atomic E-state index is 0.0550. The second-order valence-corrected chi connectivity index (χ2v) is 2.89. The quantitative estimate of drug-likeness (QED) is 0.665. The Morgan fingerprint density at radius 2 is 2.36 bits per heavy atom. The van der Waals surface area contributed by atoms with E-state index in [1.54, 1.807) is 7.05 Å². The van der Waals surface area contributed by atoms with Crippen molar-refractivity contribution in [3.8, 4) is 0 Å². The molecule has 14 heavy (non-hydrogen) atoms. The van der Waals surface area contributed by atoms with Crippen LogP contribution in [0.4, 0.5) is 0 Å². The van der Waals surface area contributed by atoms with Gasteiger partial charge in [0.05, 0.1) is 11.1 Å². The highest BCUT2D eigenvalue weighted by atomic mass is 16.4. The van der Waals surface area contributed by atoms with Crippen LogP contribution in [0.5, 0.6) is 0 Å². The fraction of sp³-hybridized carbons (Fsp3) is 0.125. The number of carboxylic acid groups (broad SMARTS) is 1. The number of aromatic amines is 1. The molecule has 2 rings (SSSR count). The summed E-state index contributed by atoms with van der Waals surface area (Å²) in [6.07, 6.45) is 1.22. The minimum Gasteiger partial charge on any atom is -0.478 e. The monoisotopic (exact) mass is 193 g/mol. The number of carbonyl (C=O) groups is 1. The number of carboxylic acids is 1. The smallest absolute Gasteiger partial charge is 0.337 e. The molecule has 0 unspecified atom stereocenters. The van der Waals surface area contributed by atoms with E-state index in [2.05, 4.69) is 9.97 Å². The molecule has 0 radical (unpaired) electrons. The Morgan fingerprint density at radius 3 is 3.00 bits per heavy atom. The van der Waals surface area contributed by atoms with Gasteiger partial charge in [-0.25, -0.2) is 14.6 Å². The first-order valence-corrected chi connectivity index (χ1v) is 3.87. The van der Waals surface area contributed by atoms with Crippen molar-refractivity contribution in [3.63, 3.8) is 0 Å². The van der Waals surface area contributed by atoms with Crippen molar-refractivity contribution in [1.29, 1.82) is 0 Å². The predicted molar refractivity (Wildman–Crippen MR) is 48.3 cm³/mol. The van der Waals surface area contributed by atoms with Crippen LogP contribution in [0.1, 0.15) is 10.4 Å². The fourth-order valence-corrected chi connectivity index (χ4v) is 1.23. The van der Waals surface area contributed by atoms with Crippen LogP contribution in [-0.2, 0) is 7.05 Å². The van der Waals surface area contributed by atoms with Crippen molar-refractivity contribution < 1.29 is 9.90 Å². The lowest BCUT2D eigenvalue weighted by Crippen LogP contribution is -2.12. The molecule has 0 aliphatic heterocycles. The summed E-state index contributed by atoms with van der Waals surface area (Å²) in [6, 6.07) is 1.38. The third kappa shape index (κ3) is 1.08. The number of imidazole rings is 1. The lowest BCUT2D eigenvalue weighted by Gasteiger charge is -1.94. The molecule has 0 fully saturated rings. The highest BCUT2D eigenvalue weighted by Gasteiger charge is 2.08. The number of hydrogen-bond donors (Lipinski definition) is 2. The minimum atomic E-state index is -1.07. The van der Waals surface area contributed by atoms with Crippen molar-refractivity contribution in [3.05, 3.63) is 28.3 Å². The number of hydrogen-bond acceptors (Lipinski definition) is 3. The number of pyridine rings is 1. The zero-order valence-corrected chi connectivity index (χ0v) is 7.31. The van der Waals surface area contributed by atoms with Gasteiger partial charge in [0, 0.05) is 13.2 Å². The number of nitrogens with zero attached hydrogens (tertiary/aromatic N) is 2. The third-order valence-electron chi connectivity index (χ3n) is 1.98. The fourth-order valence-electron chi connectivity index (χ4n) is 1.23. The van der Waals surface area contributed by atoms with E-state index in [1.165, 1.54) is 16.8 Å². The third-order valence-corrected chi connectivity index (χ3v) is 1.98. The number of nitrogens with one attached hydrogen (secondary N) is 1. The Kier molecular flexibility index (Phi) is 1.63. The van der Waals surface area contributed by atoms with E-state index in [-0.39, 0.29) is 11.3 Å². The highest BCUT2D eigenvalue weighted by molar-refractivity contribution is 5.90. The van der Waals surface area contributed by atoms with Crippen molar-refractivity contribution in [1.82, 2.24) is 14.5 Å². The maximum atomic E-state index is 11.1. The molecule has 0 bridgehead atoms. The molecule has 0 amide bonds. The summed E-state index contributed by atoms with van der Waals surface area (Å²) in [5.41, 5.74) is 0.617. The van der Waals surface area contributed by atoms with Gasteiger partial charge in [-0.2, -0.15) is 0 Å². The number of fused-ring (bicyclic) bond motifs is 1. The number of aromatic carboxylic acids is 1. The summed E-state index contributed by atoms with van der Waals surface area (Å²) in [5, 5.41) is 8.68. The molecule has 0 aromatic carbocycles. The molecule has 0 atom stereocenters. The molecule has 0 aliphatic carbocycles. The van der Waals surface area contributed by atoms with Crippen LogP contribution in [0.25, 0.3) is 11.2 Å². The normalized spacial score (nSPS) is 10.6. The summed E-state index contributed by atoms with van der Waals surface area (Å²) in [6.45, 7) is 0. The van der Waals surface area contributed by atoms with Crippen LogP contribution >= 0.6 is 0 Å². The standard InChI is InChI=1S/C8H7N3O3/c1-11-6-5(10-8(11)14)2-4(3-9-6)7(12)13/h2-3H,1H3,(H,10,14)(H,12,13). The summed E-state index contributed by atoms with van der Waals surface area (Å²) < 4.78 is 1.32. The van der Waals surface area contributed by atoms with Crippen LogP contribution in [-0.4, -0.2) is 25.6 Å². The van der Waals surface area contributed by atoms with E-state index in [9.17, 15) is 9.59 Å². The Balaban J connectivity index is 2.80. The van der Waals surface area contributed by atoms with E-state index < -0.39 is 5.97 Å². The topological polar surface area (TPSA) is 88.0 Å². The Morgan fingerprint density at radius 1 is 1.64 bits per heavy atom. The first-order chi connectivity index (χ1) is 6.59. The van der Waals surface area contributed by atoms with Crippen LogP contribution < -0.4 is 5.69 Å². The average Bonchev–Trinajstić information content (AvgIpc) is 2.42. The Bertz CT molecular complexity index is 567. The molecule has 2 heterocycles. The van der Waals surface area contributed by atoms with E-state index in [1.807, 2.05) is 0 Å². The van der Waals surface area contributed by atoms with E-state index in [0.29, 0.717) is 11.2 Å². The van der Waals surface area contributed by atoms with E-state index in [0.717, 1.165) is 0 Å². The molecule has 0 saturated heterocycles. The van der Waals surface area contributed by atoms with Gasteiger partial charge >= 0.3 is 11.7 Å². The molecule has 0 spiro atoms. The van der Waals surface area contributed by atoms with Gasteiger partial charge in [0.1, 0.15) is 0 Å². The first-order valence-electron chi connectivity index (χ1n) is 3.87. The van der Waals surface area contributed by atoms with Crippen molar-refractivity contribution >= 4 is 17.1 Å². The lowest BCUT2D eigenvalue weighted by molar-refractivity contribution is 0.0696. The second kappa shape index (κ2) is 2.69.